The van der Waals surface area contributed by atoms with Crippen molar-refractivity contribution in [3.63, 3.8) is 0 Å². The topological polar surface area (TPSA) is 78.2 Å². The molecule has 1 fully saturated rings. The second kappa shape index (κ2) is 6.22. The van der Waals surface area contributed by atoms with Gasteiger partial charge >= 0.3 is 0 Å². The molecular weight excluding hydrogens is 341 g/mol. The van der Waals surface area contributed by atoms with Crippen LogP contribution < -0.4 is 15.1 Å². The average molecular weight is 363 g/mol. The van der Waals surface area contributed by atoms with Crippen molar-refractivity contribution in [3.05, 3.63) is 33.9 Å². The number of hydrogen-bond acceptors (Lipinski definition) is 6. The highest BCUT2D eigenvalue weighted by Gasteiger charge is 2.30. The van der Waals surface area contributed by atoms with Crippen LogP contribution in [0.15, 0.2) is 17.1 Å². The smallest absolute Gasteiger partial charge is 0.197 e. The number of piperazine rings is 1. The van der Waals surface area contributed by atoms with Crippen molar-refractivity contribution in [2.75, 3.05) is 44.7 Å². The zero-order chi connectivity index (χ0) is 18.6. The molecule has 1 aromatic heterocycles. The first kappa shape index (κ1) is 17.3. The number of pyridine rings is 1. The molecule has 140 valence electrons. The van der Waals surface area contributed by atoms with Crippen LogP contribution in [0.5, 0.6) is 5.75 Å². The van der Waals surface area contributed by atoms with Crippen LogP contribution >= 0.6 is 0 Å². The van der Waals surface area contributed by atoms with Crippen molar-refractivity contribution in [1.29, 1.82) is 0 Å². The Balaban J connectivity index is 1.99. The van der Waals surface area contributed by atoms with E-state index in [1.807, 2.05) is 18.9 Å². The quantitative estimate of drug-likeness (QED) is 0.770. The third kappa shape index (κ3) is 2.56. The van der Waals surface area contributed by atoms with E-state index in [-0.39, 0.29) is 17.0 Å². The second-order valence-corrected chi connectivity index (χ2v) is 7.08. The predicted octanol–water partition coefficient (Wildman–Crippen LogP) is 0.829. The fraction of sp³-hybridized carbons (Fsp3) is 0.500. The lowest BCUT2D eigenvalue weighted by atomic mass is 10.1. The third-order valence-electron chi connectivity index (χ3n) is 5.27. The van der Waals surface area contributed by atoms with E-state index in [0.29, 0.717) is 36.6 Å². The van der Waals surface area contributed by atoms with Gasteiger partial charge in [0.15, 0.2) is 23.3 Å². The minimum atomic E-state index is -1.91. The first-order valence-corrected chi connectivity index (χ1v) is 8.72. The highest BCUT2D eigenvalue weighted by Crippen LogP contribution is 2.42. The minimum absolute atomic E-state index is 0.104. The van der Waals surface area contributed by atoms with E-state index in [1.165, 1.54) is 12.3 Å². The van der Waals surface area contributed by atoms with Crippen LogP contribution in [0.2, 0.25) is 0 Å². The fourth-order valence-corrected chi connectivity index (χ4v) is 3.74. The van der Waals surface area contributed by atoms with Crippen molar-refractivity contribution in [2.24, 2.45) is 0 Å². The summed E-state index contributed by atoms with van der Waals surface area (Å²) in [6.45, 7) is 5.19. The van der Waals surface area contributed by atoms with Crippen LogP contribution in [0, 0.1) is 5.82 Å². The molecule has 2 aliphatic rings. The molecule has 0 saturated carbocycles. The number of aliphatic hydroxyl groups is 2. The lowest BCUT2D eigenvalue weighted by Gasteiger charge is -2.37. The number of rotatable bonds is 2. The van der Waals surface area contributed by atoms with Crippen LogP contribution in [0.4, 0.5) is 10.1 Å². The molecule has 1 aromatic carbocycles. The molecule has 0 spiro atoms. The largest absolute Gasteiger partial charge is 0.487 e. The van der Waals surface area contributed by atoms with E-state index in [1.54, 1.807) is 4.57 Å². The van der Waals surface area contributed by atoms with Crippen LogP contribution in [-0.2, 0) is 0 Å². The summed E-state index contributed by atoms with van der Waals surface area (Å²) >= 11 is 0. The molecule has 1 unspecified atom stereocenters. The van der Waals surface area contributed by atoms with E-state index in [0.717, 1.165) is 13.1 Å². The van der Waals surface area contributed by atoms with Gasteiger partial charge < -0.3 is 29.3 Å². The molecular formula is C18H22FN3O4. The van der Waals surface area contributed by atoms with Gasteiger partial charge in [-0.2, -0.15) is 0 Å². The van der Waals surface area contributed by atoms with Gasteiger partial charge in [0, 0.05) is 32.4 Å². The molecule has 2 aromatic rings. The average Bonchev–Trinajstić information content (AvgIpc) is 2.60. The van der Waals surface area contributed by atoms with Gasteiger partial charge in [0.05, 0.1) is 22.5 Å². The van der Waals surface area contributed by atoms with Gasteiger partial charge in [0.2, 0.25) is 0 Å². The number of likely N-dealkylation sites (N-methyl/N-ethyl adjacent to an activating group) is 1. The summed E-state index contributed by atoms with van der Waals surface area (Å²) in [4.78, 5) is 16.8. The highest BCUT2D eigenvalue weighted by molar-refractivity contribution is 5.92. The molecule has 4 rings (SSSR count). The number of nitrogens with zero attached hydrogens (tertiary/aromatic N) is 3. The van der Waals surface area contributed by atoms with Crippen molar-refractivity contribution in [3.8, 4) is 5.75 Å². The molecule has 2 N–H and O–H groups in total. The molecule has 0 amide bonds. The lowest BCUT2D eigenvalue weighted by molar-refractivity contribution is -0.0436. The number of benzene rings is 1. The highest BCUT2D eigenvalue weighted by atomic mass is 19.1. The maximum Gasteiger partial charge on any atom is 0.197 e. The first-order valence-electron chi connectivity index (χ1n) is 8.72. The standard InChI is InChI=1S/C18H22FN3O4/c1-10-9-26-17-14-11(16(23)12(18(24)25)8-22(10)14)7-13(19)15(17)21-5-3-20(2)4-6-21/h7-8,10,18,24-25H,3-6,9H2,1-2H3. The molecule has 0 bridgehead atoms. The Morgan fingerprint density at radius 2 is 1.96 bits per heavy atom. The van der Waals surface area contributed by atoms with Crippen LogP contribution in [0.3, 0.4) is 0 Å². The Kier molecular flexibility index (Phi) is 4.13. The van der Waals surface area contributed by atoms with E-state index in [4.69, 9.17) is 4.74 Å². The van der Waals surface area contributed by atoms with Gasteiger partial charge in [0.1, 0.15) is 12.3 Å². The van der Waals surface area contributed by atoms with Crippen molar-refractivity contribution >= 4 is 16.6 Å². The van der Waals surface area contributed by atoms with Gasteiger partial charge in [-0.25, -0.2) is 4.39 Å². The Morgan fingerprint density at radius 3 is 2.62 bits per heavy atom. The monoisotopic (exact) mass is 363 g/mol. The molecule has 1 atom stereocenters. The van der Waals surface area contributed by atoms with Crippen LogP contribution in [0.25, 0.3) is 10.9 Å². The summed E-state index contributed by atoms with van der Waals surface area (Å²) in [5.41, 5.74) is 0.134. The number of halogens is 1. The number of hydrogen-bond donors (Lipinski definition) is 2. The molecule has 1 saturated heterocycles. The SMILES string of the molecule is CC1COc2c(N3CCN(C)CC3)c(F)cc3c(=O)c(C(O)O)cn1c23. The number of aromatic nitrogens is 1. The van der Waals surface area contributed by atoms with Crippen molar-refractivity contribution < 1.29 is 19.3 Å². The Hall–Kier alpha value is -2.16. The summed E-state index contributed by atoms with van der Waals surface area (Å²) in [6, 6.07) is 1.08. The Bertz CT molecular complexity index is 919. The van der Waals surface area contributed by atoms with Gasteiger partial charge in [-0.3, -0.25) is 4.79 Å². The Morgan fingerprint density at radius 1 is 1.27 bits per heavy atom. The molecule has 3 heterocycles. The first-order chi connectivity index (χ1) is 12.4. The number of ether oxygens (including phenoxy) is 1. The van der Waals surface area contributed by atoms with Gasteiger partial charge in [-0.15, -0.1) is 0 Å². The zero-order valence-electron chi connectivity index (χ0n) is 14.8. The molecule has 0 radical (unpaired) electrons. The fourth-order valence-electron chi connectivity index (χ4n) is 3.74. The van der Waals surface area contributed by atoms with E-state index in [2.05, 4.69) is 4.90 Å². The third-order valence-corrected chi connectivity index (χ3v) is 5.27. The maximum atomic E-state index is 15.0. The predicted molar refractivity (Wildman–Crippen MR) is 95.3 cm³/mol. The van der Waals surface area contributed by atoms with E-state index < -0.39 is 17.5 Å². The zero-order valence-corrected chi connectivity index (χ0v) is 14.8. The van der Waals surface area contributed by atoms with Crippen molar-refractivity contribution in [2.45, 2.75) is 19.3 Å². The molecule has 0 aliphatic carbocycles. The molecule has 8 heteroatoms. The molecule has 7 nitrogen and oxygen atoms in total. The summed E-state index contributed by atoms with van der Waals surface area (Å²) in [5.74, 6) is -0.168. The van der Waals surface area contributed by atoms with Crippen LogP contribution in [0.1, 0.15) is 24.8 Å². The van der Waals surface area contributed by atoms with E-state index >= 15 is 4.39 Å². The van der Waals surface area contributed by atoms with Gasteiger partial charge in [-0.05, 0) is 20.0 Å². The minimum Gasteiger partial charge on any atom is -0.487 e. The van der Waals surface area contributed by atoms with Gasteiger partial charge in [-0.1, -0.05) is 0 Å². The normalized spacial score (nSPS) is 20.7. The second-order valence-electron chi connectivity index (χ2n) is 7.08. The van der Waals surface area contributed by atoms with E-state index in [9.17, 15) is 15.0 Å². The summed E-state index contributed by atoms with van der Waals surface area (Å²) in [6.07, 6.45) is -0.466. The summed E-state index contributed by atoms with van der Waals surface area (Å²) < 4.78 is 22.7. The van der Waals surface area contributed by atoms with Gasteiger partial charge in [0.25, 0.3) is 0 Å². The lowest BCUT2D eigenvalue weighted by Crippen LogP contribution is -2.45. The van der Waals surface area contributed by atoms with Crippen LogP contribution in [-0.4, -0.2) is 59.5 Å². The maximum absolute atomic E-state index is 15.0. The molecule has 2 aliphatic heterocycles. The number of anilines is 1. The number of aliphatic hydroxyl groups excluding tert-OH is 1. The molecule has 26 heavy (non-hydrogen) atoms. The summed E-state index contributed by atoms with van der Waals surface area (Å²) in [7, 11) is 2.02. The Labute approximate surface area is 149 Å². The summed E-state index contributed by atoms with van der Waals surface area (Å²) in [5, 5.41) is 19.1. The van der Waals surface area contributed by atoms with Crippen molar-refractivity contribution in [1.82, 2.24) is 9.47 Å².